The molecule has 0 radical (unpaired) electrons. The zero-order chi connectivity index (χ0) is 12.7. The Balaban J connectivity index is 1.96. The fourth-order valence-corrected chi connectivity index (χ4v) is 3.49. The lowest BCUT2D eigenvalue weighted by Gasteiger charge is -2.41. The number of aliphatic hydroxyl groups excluding tert-OH is 1. The quantitative estimate of drug-likeness (QED) is 0.810. The van der Waals surface area contributed by atoms with Gasteiger partial charge in [0.05, 0.1) is 13.1 Å². The Morgan fingerprint density at radius 3 is 2.56 bits per heavy atom. The molecule has 18 heavy (non-hydrogen) atoms. The molecule has 0 unspecified atom stereocenters. The summed E-state index contributed by atoms with van der Waals surface area (Å²) in [5.74, 6) is 0.430. The first-order chi connectivity index (χ1) is 8.65. The second kappa shape index (κ2) is 4.86. The molecule has 1 atom stereocenters. The SMILES string of the molecule is O[C@@H]1/C(=C/c2ccc(Cl)cc2Cl)[NH+]2CCC1CC2. The van der Waals surface area contributed by atoms with E-state index in [9.17, 15) is 5.11 Å². The van der Waals surface area contributed by atoms with Crippen LogP contribution in [0.15, 0.2) is 23.9 Å². The van der Waals surface area contributed by atoms with Crippen molar-refractivity contribution in [3.05, 3.63) is 39.5 Å². The predicted octanol–water partition coefficient (Wildman–Crippen LogP) is 2.00. The van der Waals surface area contributed by atoms with Gasteiger partial charge < -0.3 is 10.0 Å². The van der Waals surface area contributed by atoms with Crippen molar-refractivity contribution in [3.63, 3.8) is 0 Å². The maximum Gasteiger partial charge on any atom is 0.137 e. The minimum atomic E-state index is -0.311. The summed E-state index contributed by atoms with van der Waals surface area (Å²) >= 11 is 12.1. The predicted molar refractivity (Wildman–Crippen MR) is 73.9 cm³/mol. The highest BCUT2D eigenvalue weighted by molar-refractivity contribution is 6.35. The third kappa shape index (κ3) is 2.19. The van der Waals surface area contributed by atoms with E-state index in [1.807, 2.05) is 18.2 Å². The van der Waals surface area contributed by atoms with E-state index in [-0.39, 0.29) is 6.10 Å². The molecule has 96 valence electrons. The van der Waals surface area contributed by atoms with Crippen LogP contribution >= 0.6 is 23.2 Å². The summed E-state index contributed by atoms with van der Waals surface area (Å²) in [6, 6.07) is 5.48. The number of fused-ring (bicyclic) bond motifs is 3. The highest BCUT2D eigenvalue weighted by Gasteiger charge is 2.41. The molecular formula is C14H16Cl2NO+. The third-order valence-electron chi connectivity index (χ3n) is 4.08. The molecule has 2 bridgehead atoms. The lowest BCUT2D eigenvalue weighted by molar-refractivity contribution is -0.880. The molecule has 0 aromatic heterocycles. The van der Waals surface area contributed by atoms with Crippen LogP contribution < -0.4 is 4.90 Å². The Labute approximate surface area is 117 Å². The number of aliphatic hydroxyl groups is 1. The summed E-state index contributed by atoms with van der Waals surface area (Å²) in [6.07, 6.45) is 3.98. The van der Waals surface area contributed by atoms with Crippen LogP contribution in [0.25, 0.3) is 6.08 Å². The molecule has 2 nitrogen and oxygen atoms in total. The topological polar surface area (TPSA) is 24.7 Å². The molecule has 4 heteroatoms. The number of quaternary nitrogens is 1. The molecule has 0 aliphatic carbocycles. The highest BCUT2D eigenvalue weighted by atomic mass is 35.5. The van der Waals surface area contributed by atoms with Crippen molar-refractivity contribution in [3.8, 4) is 0 Å². The first kappa shape index (κ1) is 12.5. The standard InChI is InChI=1S/C14H15Cl2NO/c15-11-2-1-10(12(16)8-11)7-13-14(18)9-3-5-17(13)6-4-9/h1-2,7-9,14,18H,3-6H2/p+1/b13-7-/t14-/m0/s1. The van der Waals surface area contributed by atoms with Crippen LogP contribution in [0.2, 0.25) is 10.0 Å². The monoisotopic (exact) mass is 284 g/mol. The van der Waals surface area contributed by atoms with Gasteiger partial charge in [-0.05, 0) is 17.7 Å². The van der Waals surface area contributed by atoms with E-state index < -0.39 is 0 Å². The van der Waals surface area contributed by atoms with Gasteiger partial charge in [0.15, 0.2) is 0 Å². The number of halogens is 2. The Hall–Kier alpha value is -0.540. The first-order valence-electron chi connectivity index (χ1n) is 6.35. The van der Waals surface area contributed by atoms with Crippen LogP contribution in [0, 0.1) is 5.92 Å². The average molecular weight is 285 g/mol. The zero-order valence-corrected chi connectivity index (χ0v) is 11.5. The van der Waals surface area contributed by atoms with Gasteiger partial charge in [-0.25, -0.2) is 0 Å². The summed E-state index contributed by atoms with van der Waals surface area (Å²) in [5.41, 5.74) is 2.02. The van der Waals surface area contributed by atoms with Crippen molar-refractivity contribution < 1.29 is 10.0 Å². The zero-order valence-electron chi connectivity index (χ0n) is 10.00. The summed E-state index contributed by atoms with van der Waals surface area (Å²) < 4.78 is 0. The highest BCUT2D eigenvalue weighted by Crippen LogP contribution is 2.28. The fourth-order valence-electron chi connectivity index (χ4n) is 3.03. The molecule has 0 saturated carbocycles. The maximum atomic E-state index is 10.3. The molecule has 3 aliphatic rings. The largest absolute Gasteiger partial charge is 0.383 e. The van der Waals surface area contributed by atoms with Crippen LogP contribution in [-0.2, 0) is 0 Å². The minimum absolute atomic E-state index is 0.311. The van der Waals surface area contributed by atoms with E-state index in [0.717, 1.165) is 37.2 Å². The Morgan fingerprint density at radius 1 is 1.22 bits per heavy atom. The summed E-state index contributed by atoms with van der Waals surface area (Å²) in [4.78, 5) is 1.40. The molecule has 3 aliphatic heterocycles. The number of hydrogen-bond donors (Lipinski definition) is 2. The first-order valence-corrected chi connectivity index (χ1v) is 7.10. The van der Waals surface area contributed by atoms with Crippen LogP contribution in [0.3, 0.4) is 0 Å². The van der Waals surface area contributed by atoms with Crippen molar-refractivity contribution in [2.24, 2.45) is 5.92 Å². The minimum Gasteiger partial charge on any atom is -0.383 e. The lowest BCUT2D eigenvalue weighted by atomic mass is 9.83. The lowest BCUT2D eigenvalue weighted by Crippen LogP contribution is -3.14. The van der Waals surface area contributed by atoms with Crippen LogP contribution in [0.4, 0.5) is 0 Å². The van der Waals surface area contributed by atoms with Crippen LogP contribution in [0.1, 0.15) is 18.4 Å². The molecule has 0 amide bonds. The number of hydrogen-bond acceptors (Lipinski definition) is 1. The van der Waals surface area contributed by atoms with Crippen LogP contribution in [-0.4, -0.2) is 24.3 Å². The number of nitrogens with one attached hydrogen (secondary N) is 1. The summed E-state index contributed by atoms with van der Waals surface area (Å²) in [7, 11) is 0. The Morgan fingerprint density at radius 2 is 1.94 bits per heavy atom. The fraction of sp³-hybridized carbons (Fsp3) is 0.429. The van der Waals surface area contributed by atoms with Crippen molar-refractivity contribution in [1.29, 1.82) is 0 Å². The Bertz CT molecular complexity index is 489. The molecular weight excluding hydrogens is 269 g/mol. The second-order valence-corrected chi connectivity index (χ2v) is 5.99. The van der Waals surface area contributed by atoms with Gasteiger partial charge in [-0.2, -0.15) is 0 Å². The number of benzene rings is 1. The van der Waals surface area contributed by atoms with Crippen molar-refractivity contribution in [2.45, 2.75) is 18.9 Å². The normalized spacial score (nSPS) is 33.1. The van der Waals surface area contributed by atoms with Crippen molar-refractivity contribution in [1.82, 2.24) is 0 Å². The van der Waals surface area contributed by atoms with Crippen LogP contribution in [0.5, 0.6) is 0 Å². The van der Waals surface area contributed by atoms with Gasteiger partial charge in [0.1, 0.15) is 11.8 Å². The van der Waals surface area contributed by atoms with Crippen molar-refractivity contribution in [2.75, 3.05) is 13.1 Å². The van der Waals surface area contributed by atoms with Gasteiger partial charge in [0.25, 0.3) is 0 Å². The molecule has 3 saturated heterocycles. The molecule has 3 heterocycles. The van der Waals surface area contributed by atoms with E-state index in [4.69, 9.17) is 23.2 Å². The molecule has 3 fully saturated rings. The summed E-state index contributed by atoms with van der Waals surface area (Å²) in [5, 5.41) is 11.6. The molecule has 4 rings (SSSR count). The smallest absolute Gasteiger partial charge is 0.137 e. The van der Waals surface area contributed by atoms with Gasteiger partial charge in [-0.15, -0.1) is 0 Å². The number of piperidine rings is 3. The maximum absolute atomic E-state index is 10.3. The van der Waals surface area contributed by atoms with E-state index in [1.54, 1.807) is 6.07 Å². The van der Waals surface area contributed by atoms with E-state index in [0.29, 0.717) is 16.0 Å². The molecule has 1 aromatic rings. The van der Waals surface area contributed by atoms with Gasteiger partial charge >= 0.3 is 0 Å². The molecule has 2 N–H and O–H groups in total. The van der Waals surface area contributed by atoms with E-state index >= 15 is 0 Å². The average Bonchev–Trinajstić information content (AvgIpc) is 2.37. The van der Waals surface area contributed by atoms with Gasteiger partial charge in [-0.3, -0.25) is 0 Å². The molecule has 0 spiro atoms. The third-order valence-corrected chi connectivity index (χ3v) is 4.64. The summed E-state index contributed by atoms with van der Waals surface area (Å²) in [6.45, 7) is 2.25. The van der Waals surface area contributed by atoms with Gasteiger partial charge in [-0.1, -0.05) is 29.3 Å². The van der Waals surface area contributed by atoms with E-state index in [2.05, 4.69) is 0 Å². The van der Waals surface area contributed by atoms with E-state index in [1.165, 1.54) is 4.90 Å². The molecule has 1 aromatic carbocycles. The Kier molecular flexibility index (Phi) is 3.37. The van der Waals surface area contributed by atoms with Gasteiger partial charge in [0.2, 0.25) is 0 Å². The number of rotatable bonds is 1. The van der Waals surface area contributed by atoms with Gasteiger partial charge in [0, 0.05) is 34.9 Å². The van der Waals surface area contributed by atoms with Crippen molar-refractivity contribution >= 4 is 29.3 Å². The second-order valence-electron chi connectivity index (χ2n) is 5.15.